The van der Waals surface area contributed by atoms with Crippen molar-refractivity contribution in [2.45, 2.75) is 6.04 Å². The molecule has 4 heteroatoms. The number of methoxy groups -OCH3 is 1. The number of hydrogen-bond acceptors (Lipinski definition) is 2. The quantitative estimate of drug-likeness (QED) is 0.849. The van der Waals surface area contributed by atoms with Gasteiger partial charge in [0.1, 0.15) is 5.75 Å². The van der Waals surface area contributed by atoms with Crippen LogP contribution in [0.5, 0.6) is 5.75 Å². The summed E-state index contributed by atoms with van der Waals surface area (Å²) in [5.74, 6) is 0.641. The Balaban J connectivity index is 2.09. The van der Waals surface area contributed by atoms with Crippen LogP contribution < -0.4 is 10.1 Å². The molecule has 0 fully saturated rings. The maximum absolute atomic E-state index is 12.2. The normalized spacial score (nSPS) is 11.7. The first-order chi connectivity index (χ1) is 9.74. The lowest BCUT2D eigenvalue weighted by atomic mass is 10.1. The highest BCUT2D eigenvalue weighted by molar-refractivity contribution is 9.09. The summed E-state index contributed by atoms with van der Waals surface area (Å²) >= 11 is 3.44. The molecule has 104 valence electrons. The summed E-state index contributed by atoms with van der Waals surface area (Å²) in [6, 6.07) is 16.9. The zero-order valence-electron chi connectivity index (χ0n) is 11.2. The zero-order chi connectivity index (χ0) is 14.4. The lowest BCUT2D eigenvalue weighted by Crippen LogP contribution is -2.29. The fourth-order valence-electron chi connectivity index (χ4n) is 1.88. The van der Waals surface area contributed by atoms with Crippen LogP contribution in [-0.2, 0) is 0 Å². The third-order valence-electron chi connectivity index (χ3n) is 3.01. The van der Waals surface area contributed by atoms with E-state index in [2.05, 4.69) is 21.2 Å². The lowest BCUT2D eigenvalue weighted by molar-refractivity contribution is 0.0941. The Labute approximate surface area is 127 Å². The number of carbonyl (C=O) groups excluding carboxylic acids is 1. The number of amides is 1. The molecule has 0 aromatic heterocycles. The van der Waals surface area contributed by atoms with Gasteiger partial charge in [-0.05, 0) is 29.8 Å². The second kappa shape index (κ2) is 7.10. The summed E-state index contributed by atoms with van der Waals surface area (Å²) in [5.41, 5.74) is 1.69. The van der Waals surface area contributed by atoms with Crippen LogP contribution in [0, 0.1) is 0 Å². The molecule has 0 radical (unpaired) electrons. The minimum absolute atomic E-state index is 0.0502. The summed E-state index contributed by atoms with van der Waals surface area (Å²) in [6.45, 7) is 0. The predicted molar refractivity (Wildman–Crippen MR) is 83.4 cm³/mol. The van der Waals surface area contributed by atoms with Gasteiger partial charge >= 0.3 is 0 Å². The molecule has 0 aliphatic carbocycles. The van der Waals surface area contributed by atoms with Crippen molar-refractivity contribution in [3.8, 4) is 5.75 Å². The largest absolute Gasteiger partial charge is 0.497 e. The Morgan fingerprint density at radius 3 is 2.35 bits per heavy atom. The van der Waals surface area contributed by atoms with Gasteiger partial charge in [0.05, 0.1) is 13.2 Å². The van der Waals surface area contributed by atoms with Crippen LogP contribution in [0.3, 0.4) is 0 Å². The third-order valence-corrected chi connectivity index (χ3v) is 3.66. The standard InChI is InChI=1S/C16H16BrNO2/c1-20-14-9-7-13(8-10-14)16(19)18-15(11-17)12-5-3-2-4-6-12/h2-10,15H,11H2,1H3,(H,18,19). The smallest absolute Gasteiger partial charge is 0.251 e. The van der Waals surface area contributed by atoms with E-state index in [4.69, 9.17) is 4.74 Å². The molecule has 0 heterocycles. The first-order valence-electron chi connectivity index (χ1n) is 6.30. The second-order valence-corrected chi connectivity index (χ2v) is 4.97. The van der Waals surface area contributed by atoms with Crippen LogP contribution in [-0.4, -0.2) is 18.3 Å². The van der Waals surface area contributed by atoms with Crippen LogP contribution in [0.2, 0.25) is 0 Å². The number of ether oxygens (including phenoxy) is 1. The topological polar surface area (TPSA) is 38.3 Å². The Hall–Kier alpha value is -1.81. The number of carbonyl (C=O) groups is 1. The fourth-order valence-corrected chi connectivity index (χ4v) is 2.42. The van der Waals surface area contributed by atoms with Gasteiger partial charge in [-0.3, -0.25) is 4.79 Å². The number of nitrogens with one attached hydrogen (secondary N) is 1. The maximum atomic E-state index is 12.2. The molecule has 0 aliphatic heterocycles. The number of halogens is 1. The Morgan fingerprint density at radius 1 is 1.15 bits per heavy atom. The van der Waals surface area contributed by atoms with Crippen LogP contribution >= 0.6 is 15.9 Å². The van der Waals surface area contributed by atoms with Crippen molar-refractivity contribution in [2.24, 2.45) is 0 Å². The molecule has 2 aromatic rings. The molecule has 0 aliphatic rings. The molecule has 0 saturated carbocycles. The van der Waals surface area contributed by atoms with Crippen LogP contribution in [0.1, 0.15) is 22.0 Å². The number of alkyl halides is 1. The highest BCUT2D eigenvalue weighted by atomic mass is 79.9. The highest BCUT2D eigenvalue weighted by Crippen LogP contribution is 2.17. The zero-order valence-corrected chi connectivity index (χ0v) is 12.8. The molecule has 1 amide bonds. The van der Waals surface area contributed by atoms with Crippen molar-refractivity contribution in [2.75, 3.05) is 12.4 Å². The third kappa shape index (κ3) is 3.61. The molecule has 0 saturated heterocycles. The average molecular weight is 334 g/mol. The van der Waals surface area contributed by atoms with Gasteiger partial charge in [0.15, 0.2) is 0 Å². The Kier molecular flexibility index (Phi) is 5.18. The predicted octanol–water partition coefficient (Wildman–Crippen LogP) is 3.56. The summed E-state index contributed by atoms with van der Waals surface area (Å²) < 4.78 is 5.08. The maximum Gasteiger partial charge on any atom is 0.251 e. The first kappa shape index (κ1) is 14.6. The molecule has 0 spiro atoms. The van der Waals surface area contributed by atoms with Gasteiger partial charge in [-0.2, -0.15) is 0 Å². The lowest BCUT2D eigenvalue weighted by Gasteiger charge is -2.16. The van der Waals surface area contributed by atoms with Gasteiger partial charge in [-0.15, -0.1) is 0 Å². The summed E-state index contributed by atoms with van der Waals surface area (Å²) in [7, 11) is 1.60. The van der Waals surface area contributed by atoms with Crippen molar-refractivity contribution in [3.05, 3.63) is 65.7 Å². The van der Waals surface area contributed by atoms with Gasteiger partial charge < -0.3 is 10.1 Å². The van der Waals surface area contributed by atoms with Gasteiger partial charge in [-0.25, -0.2) is 0 Å². The monoisotopic (exact) mass is 333 g/mol. The van der Waals surface area contributed by atoms with E-state index < -0.39 is 0 Å². The molecular weight excluding hydrogens is 318 g/mol. The molecule has 1 unspecified atom stereocenters. The van der Waals surface area contributed by atoms with Crippen molar-refractivity contribution >= 4 is 21.8 Å². The van der Waals surface area contributed by atoms with Gasteiger partial charge in [0.2, 0.25) is 0 Å². The van der Waals surface area contributed by atoms with E-state index >= 15 is 0 Å². The van der Waals surface area contributed by atoms with E-state index in [1.54, 1.807) is 31.4 Å². The van der Waals surface area contributed by atoms with Gasteiger partial charge in [0, 0.05) is 10.9 Å². The van der Waals surface area contributed by atoms with E-state index in [-0.39, 0.29) is 11.9 Å². The van der Waals surface area contributed by atoms with Crippen LogP contribution in [0.25, 0.3) is 0 Å². The average Bonchev–Trinajstić information content (AvgIpc) is 2.53. The number of hydrogen-bond donors (Lipinski definition) is 1. The molecule has 1 atom stereocenters. The minimum atomic E-state index is -0.0963. The molecule has 2 rings (SSSR count). The summed E-state index contributed by atoms with van der Waals surface area (Å²) in [4.78, 5) is 12.2. The molecule has 2 aromatic carbocycles. The van der Waals surface area contributed by atoms with Gasteiger partial charge in [-0.1, -0.05) is 46.3 Å². The molecular formula is C16H16BrNO2. The number of benzene rings is 2. The Bertz CT molecular complexity index is 554. The van der Waals surface area contributed by atoms with E-state index in [0.717, 1.165) is 11.3 Å². The van der Waals surface area contributed by atoms with Crippen LogP contribution in [0.4, 0.5) is 0 Å². The molecule has 0 bridgehead atoms. The summed E-state index contributed by atoms with van der Waals surface area (Å²) in [5, 5.41) is 3.68. The first-order valence-corrected chi connectivity index (χ1v) is 7.42. The number of rotatable bonds is 5. The van der Waals surface area contributed by atoms with E-state index in [1.165, 1.54) is 0 Å². The molecule has 1 N–H and O–H groups in total. The molecule has 3 nitrogen and oxygen atoms in total. The van der Waals surface area contributed by atoms with Crippen molar-refractivity contribution in [1.82, 2.24) is 5.32 Å². The minimum Gasteiger partial charge on any atom is -0.497 e. The fraction of sp³-hybridized carbons (Fsp3) is 0.188. The SMILES string of the molecule is COc1ccc(C(=O)NC(CBr)c2ccccc2)cc1. The highest BCUT2D eigenvalue weighted by Gasteiger charge is 2.14. The van der Waals surface area contributed by atoms with Gasteiger partial charge in [0.25, 0.3) is 5.91 Å². The Morgan fingerprint density at radius 2 is 1.80 bits per heavy atom. The van der Waals surface area contributed by atoms with E-state index in [1.807, 2.05) is 30.3 Å². The van der Waals surface area contributed by atoms with Crippen molar-refractivity contribution in [1.29, 1.82) is 0 Å². The van der Waals surface area contributed by atoms with Crippen LogP contribution in [0.15, 0.2) is 54.6 Å². The molecule has 20 heavy (non-hydrogen) atoms. The summed E-state index contributed by atoms with van der Waals surface area (Å²) in [6.07, 6.45) is 0. The van der Waals surface area contributed by atoms with Crippen molar-refractivity contribution < 1.29 is 9.53 Å². The van der Waals surface area contributed by atoms with Crippen molar-refractivity contribution in [3.63, 3.8) is 0 Å². The second-order valence-electron chi connectivity index (χ2n) is 4.32. The van der Waals surface area contributed by atoms with E-state index in [9.17, 15) is 4.79 Å². The van der Waals surface area contributed by atoms with E-state index in [0.29, 0.717) is 10.9 Å².